The predicted molar refractivity (Wildman–Crippen MR) is 112 cm³/mol. The zero-order valence-electron chi connectivity index (χ0n) is 15.4. The summed E-state index contributed by atoms with van der Waals surface area (Å²) in [6, 6.07) is 19.4. The third-order valence-electron chi connectivity index (χ3n) is 4.50. The Bertz CT molecular complexity index is 1220. The van der Waals surface area contributed by atoms with Gasteiger partial charge in [0.1, 0.15) is 0 Å². The Morgan fingerprint density at radius 2 is 1.69 bits per heavy atom. The van der Waals surface area contributed by atoms with Crippen molar-refractivity contribution in [3.8, 4) is 0 Å². The summed E-state index contributed by atoms with van der Waals surface area (Å²) in [6.07, 6.45) is 1.68. The molecule has 0 radical (unpaired) electrons. The standard InChI is InChI=1S/C22H17ClN4O2/c23-16-10-8-15(9-11-16)21(28)25-13-20-18-6-1-2-7-19(18)22(29)27(26-20)14-17-5-3-4-12-24-17/h1-12H,13-14H2,(H,25,28). The Kier molecular flexibility index (Phi) is 5.35. The van der Waals surface area contributed by atoms with Crippen molar-refractivity contribution in [2.45, 2.75) is 13.1 Å². The van der Waals surface area contributed by atoms with Crippen LogP contribution in [0.2, 0.25) is 5.02 Å². The number of rotatable bonds is 5. The van der Waals surface area contributed by atoms with Gasteiger partial charge in [0, 0.05) is 22.2 Å². The summed E-state index contributed by atoms with van der Waals surface area (Å²) < 4.78 is 1.38. The van der Waals surface area contributed by atoms with Crippen LogP contribution in [0.25, 0.3) is 10.8 Å². The smallest absolute Gasteiger partial charge is 0.275 e. The van der Waals surface area contributed by atoms with Crippen LogP contribution in [0.4, 0.5) is 0 Å². The number of amides is 1. The molecule has 0 bridgehead atoms. The largest absolute Gasteiger partial charge is 0.346 e. The summed E-state index contributed by atoms with van der Waals surface area (Å²) in [5, 5.41) is 9.20. The van der Waals surface area contributed by atoms with Crippen LogP contribution in [-0.2, 0) is 13.1 Å². The zero-order chi connectivity index (χ0) is 20.2. The molecule has 0 fully saturated rings. The molecular weight excluding hydrogens is 388 g/mol. The van der Waals surface area contributed by atoms with E-state index in [0.29, 0.717) is 27.1 Å². The molecule has 2 aromatic heterocycles. The molecular formula is C22H17ClN4O2. The first-order valence-electron chi connectivity index (χ1n) is 9.04. The molecule has 29 heavy (non-hydrogen) atoms. The van der Waals surface area contributed by atoms with E-state index in [1.165, 1.54) is 4.68 Å². The zero-order valence-corrected chi connectivity index (χ0v) is 16.1. The quantitative estimate of drug-likeness (QED) is 0.553. The van der Waals surface area contributed by atoms with Gasteiger partial charge in [-0.3, -0.25) is 14.6 Å². The minimum absolute atomic E-state index is 0.185. The number of hydrogen-bond acceptors (Lipinski definition) is 4. The van der Waals surface area contributed by atoms with Crippen molar-refractivity contribution in [3.63, 3.8) is 0 Å². The van der Waals surface area contributed by atoms with Crippen LogP contribution in [-0.4, -0.2) is 20.7 Å². The maximum Gasteiger partial charge on any atom is 0.275 e. The molecule has 0 saturated carbocycles. The Hall–Kier alpha value is -3.51. The molecule has 0 aliphatic rings. The summed E-state index contributed by atoms with van der Waals surface area (Å²) >= 11 is 5.87. The Morgan fingerprint density at radius 1 is 0.966 bits per heavy atom. The molecule has 0 unspecified atom stereocenters. The van der Waals surface area contributed by atoms with Crippen LogP contribution in [0, 0.1) is 0 Å². The number of carbonyl (C=O) groups excluding carboxylic acids is 1. The van der Waals surface area contributed by atoms with Crippen molar-refractivity contribution in [1.29, 1.82) is 0 Å². The molecule has 1 N–H and O–H groups in total. The molecule has 4 aromatic rings. The summed E-state index contributed by atoms with van der Waals surface area (Å²) in [5.74, 6) is -0.241. The van der Waals surface area contributed by atoms with Crippen molar-refractivity contribution in [2.75, 3.05) is 0 Å². The molecule has 2 aromatic carbocycles. The average Bonchev–Trinajstić information content (AvgIpc) is 2.76. The van der Waals surface area contributed by atoms with Gasteiger partial charge in [0.25, 0.3) is 11.5 Å². The normalized spacial score (nSPS) is 10.8. The fraction of sp³-hybridized carbons (Fsp3) is 0.0909. The molecule has 7 heteroatoms. The highest BCUT2D eigenvalue weighted by molar-refractivity contribution is 6.30. The van der Waals surface area contributed by atoms with E-state index >= 15 is 0 Å². The van der Waals surface area contributed by atoms with Gasteiger partial charge < -0.3 is 5.32 Å². The fourth-order valence-electron chi connectivity index (χ4n) is 3.06. The molecule has 4 rings (SSSR count). The monoisotopic (exact) mass is 404 g/mol. The number of benzene rings is 2. The van der Waals surface area contributed by atoms with E-state index in [9.17, 15) is 9.59 Å². The van der Waals surface area contributed by atoms with Gasteiger partial charge in [0.2, 0.25) is 0 Å². The van der Waals surface area contributed by atoms with E-state index in [0.717, 1.165) is 5.69 Å². The molecule has 0 aliphatic carbocycles. The number of nitrogens with zero attached hydrogens (tertiary/aromatic N) is 3. The summed E-state index contributed by atoms with van der Waals surface area (Å²) in [7, 11) is 0. The van der Waals surface area contributed by atoms with Crippen molar-refractivity contribution in [2.24, 2.45) is 0 Å². The fourth-order valence-corrected chi connectivity index (χ4v) is 3.18. The van der Waals surface area contributed by atoms with E-state index in [4.69, 9.17) is 11.6 Å². The minimum Gasteiger partial charge on any atom is -0.346 e. The van der Waals surface area contributed by atoms with Crippen LogP contribution in [0.5, 0.6) is 0 Å². The summed E-state index contributed by atoms with van der Waals surface area (Å²) in [6.45, 7) is 0.438. The molecule has 0 atom stereocenters. The lowest BCUT2D eigenvalue weighted by Gasteiger charge is -2.12. The van der Waals surface area contributed by atoms with Crippen molar-refractivity contribution in [3.05, 3.63) is 105 Å². The summed E-state index contributed by atoms with van der Waals surface area (Å²) in [4.78, 5) is 29.6. The first-order chi connectivity index (χ1) is 14.1. The number of pyridine rings is 1. The van der Waals surface area contributed by atoms with E-state index in [1.807, 2.05) is 36.4 Å². The van der Waals surface area contributed by atoms with Gasteiger partial charge in [-0.1, -0.05) is 35.9 Å². The molecule has 0 saturated heterocycles. The van der Waals surface area contributed by atoms with Crippen molar-refractivity contribution in [1.82, 2.24) is 20.1 Å². The molecule has 0 aliphatic heterocycles. The van der Waals surface area contributed by atoms with Crippen LogP contribution in [0.3, 0.4) is 0 Å². The van der Waals surface area contributed by atoms with Crippen LogP contribution >= 0.6 is 11.6 Å². The van der Waals surface area contributed by atoms with Gasteiger partial charge >= 0.3 is 0 Å². The maximum atomic E-state index is 12.8. The van der Waals surface area contributed by atoms with Crippen LogP contribution in [0.15, 0.2) is 77.7 Å². The Labute approximate surface area is 171 Å². The van der Waals surface area contributed by atoms with Crippen molar-refractivity contribution >= 4 is 28.3 Å². The second-order valence-electron chi connectivity index (χ2n) is 6.47. The SMILES string of the molecule is O=C(NCc1nn(Cc2ccccn2)c(=O)c2ccccc12)c1ccc(Cl)cc1. The number of aromatic nitrogens is 3. The second-order valence-corrected chi connectivity index (χ2v) is 6.90. The third-order valence-corrected chi connectivity index (χ3v) is 4.76. The molecule has 144 valence electrons. The number of fused-ring (bicyclic) bond motifs is 1. The minimum atomic E-state index is -0.241. The van der Waals surface area contributed by atoms with E-state index in [1.54, 1.807) is 36.5 Å². The van der Waals surface area contributed by atoms with Crippen LogP contribution < -0.4 is 10.9 Å². The Balaban J connectivity index is 1.66. The molecule has 6 nitrogen and oxygen atoms in total. The highest BCUT2D eigenvalue weighted by Crippen LogP contribution is 2.14. The van der Waals surface area contributed by atoms with E-state index in [-0.39, 0.29) is 24.6 Å². The first kappa shape index (κ1) is 18.8. The predicted octanol–water partition coefficient (Wildman–Crippen LogP) is 3.42. The lowest BCUT2D eigenvalue weighted by molar-refractivity contribution is 0.0950. The van der Waals surface area contributed by atoms with Gasteiger partial charge in [-0.2, -0.15) is 5.10 Å². The lowest BCUT2D eigenvalue weighted by Crippen LogP contribution is -2.29. The number of hydrogen-bond donors (Lipinski definition) is 1. The third kappa shape index (κ3) is 4.17. The molecule has 2 heterocycles. The number of halogens is 1. The number of nitrogens with one attached hydrogen (secondary N) is 1. The first-order valence-corrected chi connectivity index (χ1v) is 9.42. The van der Waals surface area contributed by atoms with Crippen molar-refractivity contribution < 1.29 is 4.79 Å². The average molecular weight is 405 g/mol. The van der Waals surface area contributed by atoms with E-state index < -0.39 is 0 Å². The number of carbonyl (C=O) groups is 1. The van der Waals surface area contributed by atoms with Crippen LogP contribution in [0.1, 0.15) is 21.7 Å². The topological polar surface area (TPSA) is 76.9 Å². The van der Waals surface area contributed by atoms with Gasteiger partial charge in [-0.25, -0.2) is 4.68 Å². The second kappa shape index (κ2) is 8.24. The van der Waals surface area contributed by atoms with Gasteiger partial charge in [-0.05, 0) is 42.5 Å². The maximum absolute atomic E-state index is 12.8. The molecule has 1 amide bonds. The molecule has 0 spiro atoms. The van der Waals surface area contributed by atoms with Gasteiger partial charge in [0.05, 0.1) is 29.9 Å². The van der Waals surface area contributed by atoms with Gasteiger partial charge in [-0.15, -0.1) is 0 Å². The van der Waals surface area contributed by atoms with E-state index in [2.05, 4.69) is 15.4 Å². The lowest BCUT2D eigenvalue weighted by atomic mass is 10.1. The summed E-state index contributed by atoms with van der Waals surface area (Å²) in [5.41, 5.74) is 1.64. The highest BCUT2D eigenvalue weighted by atomic mass is 35.5. The highest BCUT2D eigenvalue weighted by Gasteiger charge is 2.13. The Morgan fingerprint density at radius 3 is 2.41 bits per heavy atom. The van der Waals surface area contributed by atoms with Gasteiger partial charge in [0.15, 0.2) is 0 Å².